The molecule has 0 spiro atoms. The van der Waals surface area contributed by atoms with Gasteiger partial charge in [0.2, 0.25) is 0 Å². The number of carbonyl (C=O) groups excluding carboxylic acids is 1. The third-order valence-corrected chi connectivity index (χ3v) is 4.43. The highest BCUT2D eigenvalue weighted by molar-refractivity contribution is 6.06. The lowest BCUT2D eigenvalue weighted by molar-refractivity contribution is 0.104. The van der Waals surface area contributed by atoms with Crippen LogP contribution in [0.3, 0.4) is 0 Å². The summed E-state index contributed by atoms with van der Waals surface area (Å²) in [6.45, 7) is 4.78. The predicted molar refractivity (Wildman–Crippen MR) is 111 cm³/mol. The molecule has 0 aliphatic heterocycles. The van der Waals surface area contributed by atoms with Crippen LogP contribution in [-0.2, 0) is 6.61 Å². The smallest absolute Gasteiger partial charge is 0.185 e. The number of ether oxygens (including phenoxy) is 1. The lowest BCUT2D eigenvalue weighted by atomic mass is 10.0. The van der Waals surface area contributed by atoms with Crippen LogP contribution in [0, 0.1) is 0 Å². The summed E-state index contributed by atoms with van der Waals surface area (Å²) < 4.78 is 5.94. The second kappa shape index (κ2) is 9.00. The van der Waals surface area contributed by atoms with Gasteiger partial charge in [0.1, 0.15) is 12.4 Å². The Morgan fingerprint density at radius 1 is 0.889 bits per heavy atom. The Hall–Kier alpha value is -3.13. The highest BCUT2D eigenvalue weighted by atomic mass is 16.5. The van der Waals surface area contributed by atoms with Gasteiger partial charge in [-0.25, -0.2) is 0 Å². The lowest BCUT2D eigenvalue weighted by Crippen LogP contribution is -1.97. The van der Waals surface area contributed by atoms with E-state index < -0.39 is 0 Å². The van der Waals surface area contributed by atoms with E-state index in [1.165, 1.54) is 5.56 Å². The highest BCUT2D eigenvalue weighted by Crippen LogP contribution is 2.21. The molecule has 0 atom stereocenters. The number of carbonyl (C=O) groups is 1. The first-order chi connectivity index (χ1) is 13.1. The molecule has 0 amide bonds. The van der Waals surface area contributed by atoms with Crippen molar-refractivity contribution in [1.29, 1.82) is 0 Å². The van der Waals surface area contributed by atoms with Crippen molar-refractivity contribution in [3.63, 3.8) is 0 Å². The first-order valence-corrected chi connectivity index (χ1v) is 9.21. The molecule has 0 saturated carbocycles. The maximum absolute atomic E-state index is 12.5. The molecule has 0 aliphatic carbocycles. The Morgan fingerprint density at radius 3 is 2.26 bits per heavy atom. The second-order valence-corrected chi connectivity index (χ2v) is 6.79. The van der Waals surface area contributed by atoms with E-state index in [2.05, 4.69) is 13.8 Å². The third kappa shape index (κ3) is 5.18. The molecule has 3 rings (SSSR count). The van der Waals surface area contributed by atoms with Gasteiger partial charge in [0, 0.05) is 11.1 Å². The van der Waals surface area contributed by atoms with E-state index >= 15 is 0 Å². The average molecular weight is 356 g/mol. The molecule has 0 radical (unpaired) electrons. The fraction of sp³-hybridized carbons (Fsp3) is 0.160. The number of benzene rings is 3. The lowest BCUT2D eigenvalue weighted by Gasteiger charge is -2.09. The van der Waals surface area contributed by atoms with Gasteiger partial charge in [0.25, 0.3) is 0 Å². The quantitative estimate of drug-likeness (QED) is 0.367. The molecule has 3 aromatic rings. The van der Waals surface area contributed by atoms with Crippen LogP contribution in [0.5, 0.6) is 5.75 Å². The largest absolute Gasteiger partial charge is 0.488 e. The second-order valence-electron chi connectivity index (χ2n) is 6.79. The summed E-state index contributed by atoms with van der Waals surface area (Å²) in [6.07, 6.45) is 3.42. The molecular formula is C25H24O2. The van der Waals surface area contributed by atoms with Gasteiger partial charge in [-0.3, -0.25) is 4.79 Å². The standard InChI is InChI=1S/C25H24O2/c1-19(2)21-12-14-22(15-13-21)24(26)17-16-23-10-6-7-11-25(23)27-18-20-8-4-3-5-9-20/h3-17,19H,18H2,1-2H3/b17-16+. The minimum Gasteiger partial charge on any atom is -0.488 e. The molecule has 0 aromatic heterocycles. The molecule has 136 valence electrons. The van der Waals surface area contributed by atoms with E-state index in [0.717, 1.165) is 16.9 Å². The van der Waals surface area contributed by atoms with Crippen LogP contribution < -0.4 is 4.74 Å². The Labute approximate surface area is 161 Å². The molecule has 0 fully saturated rings. The number of para-hydroxylation sites is 1. The Balaban J connectivity index is 1.70. The van der Waals surface area contributed by atoms with Crippen molar-refractivity contribution in [2.45, 2.75) is 26.4 Å². The van der Waals surface area contributed by atoms with Crippen molar-refractivity contribution >= 4 is 11.9 Å². The fourth-order valence-corrected chi connectivity index (χ4v) is 2.78. The van der Waals surface area contributed by atoms with Crippen LogP contribution in [0.2, 0.25) is 0 Å². The molecule has 0 unspecified atom stereocenters. The van der Waals surface area contributed by atoms with Gasteiger partial charge in [-0.2, -0.15) is 0 Å². The number of hydrogen-bond acceptors (Lipinski definition) is 2. The maximum atomic E-state index is 12.5. The minimum atomic E-state index is -0.0110. The molecule has 3 aromatic carbocycles. The molecule has 2 nitrogen and oxygen atoms in total. The summed E-state index contributed by atoms with van der Waals surface area (Å²) in [5.74, 6) is 1.21. The van der Waals surface area contributed by atoms with Gasteiger partial charge in [-0.1, -0.05) is 86.6 Å². The monoisotopic (exact) mass is 356 g/mol. The van der Waals surface area contributed by atoms with Crippen LogP contribution in [-0.4, -0.2) is 5.78 Å². The zero-order valence-corrected chi connectivity index (χ0v) is 15.8. The molecule has 0 aliphatic rings. The topological polar surface area (TPSA) is 26.3 Å². The fourth-order valence-electron chi connectivity index (χ4n) is 2.78. The summed E-state index contributed by atoms with van der Waals surface area (Å²) in [5.41, 5.74) is 3.92. The first-order valence-electron chi connectivity index (χ1n) is 9.21. The number of hydrogen-bond donors (Lipinski definition) is 0. The number of rotatable bonds is 7. The number of ketones is 1. The minimum absolute atomic E-state index is 0.0110. The van der Waals surface area contributed by atoms with E-state index in [9.17, 15) is 4.79 Å². The van der Waals surface area contributed by atoms with Crippen molar-refractivity contribution in [2.24, 2.45) is 0 Å². The molecule has 2 heteroatoms. The van der Waals surface area contributed by atoms with Crippen molar-refractivity contribution in [1.82, 2.24) is 0 Å². The molecule has 27 heavy (non-hydrogen) atoms. The van der Waals surface area contributed by atoms with Crippen LogP contribution in [0.4, 0.5) is 0 Å². The van der Waals surface area contributed by atoms with E-state index in [-0.39, 0.29) is 5.78 Å². The maximum Gasteiger partial charge on any atom is 0.185 e. The van der Waals surface area contributed by atoms with Crippen LogP contribution in [0.1, 0.15) is 46.8 Å². The molecule has 0 saturated heterocycles. The van der Waals surface area contributed by atoms with Crippen LogP contribution in [0.15, 0.2) is 84.9 Å². The number of allylic oxidation sites excluding steroid dienone is 1. The van der Waals surface area contributed by atoms with Crippen molar-refractivity contribution in [3.8, 4) is 5.75 Å². The van der Waals surface area contributed by atoms with Crippen molar-refractivity contribution in [3.05, 3.63) is 107 Å². The Morgan fingerprint density at radius 2 is 1.56 bits per heavy atom. The first kappa shape index (κ1) is 18.7. The van der Waals surface area contributed by atoms with E-state index in [1.807, 2.05) is 84.9 Å². The Bertz CT molecular complexity index is 907. The SMILES string of the molecule is CC(C)c1ccc(C(=O)/C=C/c2ccccc2OCc2ccccc2)cc1. The van der Waals surface area contributed by atoms with E-state index in [0.29, 0.717) is 18.1 Å². The summed E-state index contributed by atoms with van der Waals surface area (Å²) in [5, 5.41) is 0. The average Bonchev–Trinajstić information content (AvgIpc) is 2.72. The van der Waals surface area contributed by atoms with Gasteiger partial charge >= 0.3 is 0 Å². The van der Waals surface area contributed by atoms with E-state index in [4.69, 9.17) is 4.74 Å². The highest BCUT2D eigenvalue weighted by Gasteiger charge is 2.05. The molecular weight excluding hydrogens is 332 g/mol. The third-order valence-electron chi connectivity index (χ3n) is 4.43. The van der Waals surface area contributed by atoms with Crippen molar-refractivity contribution < 1.29 is 9.53 Å². The van der Waals surface area contributed by atoms with Gasteiger partial charge in [0.15, 0.2) is 5.78 Å². The zero-order valence-electron chi connectivity index (χ0n) is 15.8. The van der Waals surface area contributed by atoms with E-state index in [1.54, 1.807) is 6.08 Å². The normalized spacial score (nSPS) is 11.1. The van der Waals surface area contributed by atoms with Gasteiger partial charge in [0.05, 0.1) is 0 Å². The molecule has 0 N–H and O–H groups in total. The predicted octanol–water partition coefficient (Wildman–Crippen LogP) is 6.29. The summed E-state index contributed by atoms with van der Waals surface area (Å²) in [6, 6.07) is 25.6. The zero-order chi connectivity index (χ0) is 19.1. The molecule has 0 bridgehead atoms. The summed E-state index contributed by atoms with van der Waals surface area (Å²) in [4.78, 5) is 12.5. The van der Waals surface area contributed by atoms with Crippen LogP contribution >= 0.6 is 0 Å². The molecule has 0 heterocycles. The summed E-state index contributed by atoms with van der Waals surface area (Å²) in [7, 11) is 0. The van der Waals surface area contributed by atoms with Gasteiger partial charge in [-0.15, -0.1) is 0 Å². The van der Waals surface area contributed by atoms with Gasteiger partial charge in [-0.05, 0) is 35.3 Å². The summed E-state index contributed by atoms with van der Waals surface area (Å²) >= 11 is 0. The van der Waals surface area contributed by atoms with Crippen LogP contribution in [0.25, 0.3) is 6.08 Å². The Kier molecular flexibility index (Phi) is 6.22. The van der Waals surface area contributed by atoms with Gasteiger partial charge < -0.3 is 4.74 Å². The van der Waals surface area contributed by atoms with Crippen molar-refractivity contribution in [2.75, 3.05) is 0 Å².